The monoisotopic (exact) mass is 397 g/mol. The molecule has 0 aliphatic rings. The van der Waals surface area contributed by atoms with Crippen LogP contribution >= 0.6 is 11.6 Å². The maximum Gasteiger partial charge on any atom is 0.163 e. The SMILES string of the molecule is CCCc1c(NC(c2cn[nH]c2)c2ccccc2Cl)ccc(C(C)=O)c1OC. The molecule has 2 aromatic carbocycles. The summed E-state index contributed by atoms with van der Waals surface area (Å²) in [6.07, 6.45) is 5.34. The van der Waals surface area contributed by atoms with Crippen molar-refractivity contribution in [1.29, 1.82) is 0 Å². The van der Waals surface area contributed by atoms with Crippen LogP contribution in [0.1, 0.15) is 53.4 Å². The van der Waals surface area contributed by atoms with E-state index < -0.39 is 0 Å². The van der Waals surface area contributed by atoms with Crippen molar-refractivity contribution in [3.05, 3.63) is 76.1 Å². The quantitative estimate of drug-likeness (QED) is 0.497. The topological polar surface area (TPSA) is 67.0 Å². The third-order valence-electron chi connectivity index (χ3n) is 4.71. The Hall–Kier alpha value is -2.79. The highest BCUT2D eigenvalue weighted by molar-refractivity contribution is 6.31. The molecule has 1 atom stereocenters. The van der Waals surface area contributed by atoms with Crippen molar-refractivity contribution < 1.29 is 9.53 Å². The number of benzene rings is 2. The molecule has 1 aromatic heterocycles. The zero-order valence-electron chi connectivity index (χ0n) is 16.3. The van der Waals surface area contributed by atoms with E-state index in [9.17, 15) is 4.79 Å². The number of aromatic amines is 1. The van der Waals surface area contributed by atoms with Crippen LogP contribution in [0.2, 0.25) is 5.02 Å². The number of nitrogens with zero attached hydrogens (tertiary/aromatic N) is 1. The molecule has 146 valence electrons. The summed E-state index contributed by atoms with van der Waals surface area (Å²) in [5.41, 5.74) is 4.40. The smallest absolute Gasteiger partial charge is 0.163 e. The summed E-state index contributed by atoms with van der Waals surface area (Å²) in [5.74, 6) is 0.614. The fraction of sp³-hybridized carbons (Fsp3) is 0.273. The van der Waals surface area contributed by atoms with Gasteiger partial charge in [0.05, 0.1) is 24.9 Å². The van der Waals surface area contributed by atoms with Crippen molar-refractivity contribution in [2.75, 3.05) is 12.4 Å². The predicted octanol–water partition coefficient (Wildman–Crippen LogP) is 5.43. The van der Waals surface area contributed by atoms with E-state index in [0.29, 0.717) is 16.3 Å². The van der Waals surface area contributed by atoms with Gasteiger partial charge < -0.3 is 10.1 Å². The van der Waals surface area contributed by atoms with Crippen molar-refractivity contribution in [3.63, 3.8) is 0 Å². The first-order valence-electron chi connectivity index (χ1n) is 9.27. The molecule has 0 aliphatic carbocycles. The van der Waals surface area contributed by atoms with Crippen molar-refractivity contribution in [1.82, 2.24) is 10.2 Å². The summed E-state index contributed by atoms with van der Waals surface area (Å²) < 4.78 is 5.63. The summed E-state index contributed by atoms with van der Waals surface area (Å²) in [6, 6.07) is 11.3. The molecule has 1 unspecified atom stereocenters. The van der Waals surface area contributed by atoms with Crippen LogP contribution in [0.3, 0.4) is 0 Å². The van der Waals surface area contributed by atoms with E-state index in [1.807, 2.05) is 42.6 Å². The molecule has 2 N–H and O–H groups in total. The van der Waals surface area contributed by atoms with E-state index in [1.165, 1.54) is 0 Å². The predicted molar refractivity (Wildman–Crippen MR) is 112 cm³/mol. The molecule has 1 heterocycles. The van der Waals surface area contributed by atoms with Crippen LogP contribution in [0.15, 0.2) is 48.8 Å². The van der Waals surface area contributed by atoms with E-state index in [-0.39, 0.29) is 11.8 Å². The van der Waals surface area contributed by atoms with Gasteiger partial charge in [-0.05, 0) is 37.1 Å². The van der Waals surface area contributed by atoms with Gasteiger partial charge in [0.2, 0.25) is 0 Å². The normalized spacial score (nSPS) is 11.9. The number of methoxy groups -OCH3 is 1. The van der Waals surface area contributed by atoms with Gasteiger partial charge in [-0.1, -0.05) is 43.1 Å². The Bertz CT molecular complexity index is 954. The molecule has 28 heavy (non-hydrogen) atoms. The first-order chi connectivity index (χ1) is 13.6. The minimum Gasteiger partial charge on any atom is -0.496 e. The molecule has 0 saturated heterocycles. The number of hydrogen-bond donors (Lipinski definition) is 2. The molecule has 0 radical (unpaired) electrons. The van der Waals surface area contributed by atoms with Gasteiger partial charge in [-0.15, -0.1) is 0 Å². The summed E-state index contributed by atoms with van der Waals surface area (Å²) in [5, 5.41) is 11.2. The molecule has 6 heteroatoms. The van der Waals surface area contributed by atoms with Crippen LogP contribution in [-0.4, -0.2) is 23.1 Å². The summed E-state index contributed by atoms with van der Waals surface area (Å²) in [7, 11) is 1.60. The van der Waals surface area contributed by atoms with Gasteiger partial charge in [-0.2, -0.15) is 5.10 Å². The van der Waals surface area contributed by atoms with E-state index in [4.69, 9.17) is 16.3 Å². The fourth-order valence-electron chi connectivity index (χ4n) is 3.40. The van der Waals surface area contributed by atoms with E-state index in [1.54, 1.807) is 20.2 Å². The van der Waals surface area contributed by atoms with Crippen molar-refractivity contribution in [2.24, 2.45) is 0 Å². The molecule has 0 amide bonds. The Kier molecular flexibility index (Phi) is 6.37. The number of aromatic nitrogens is 2. The molecular weight excluding hydrogens is 374 g/mol. The maximum atomic E-state index is 12.0. The second kappa shape index (κ2) is 8.93. The highest BCUT2D eigenvalue weighted by Gasteiger charge is 2.22. The van der Waals surface area contributed by atoms with Crippen LogP contribution in [0, 0.1) is 0 Å². The number of H-pyrrole nitrogens is 1. The Labute approximate surface area is 170 Å². The molecule has 0 bridgehead atoms. The lowest BCUT2D eigenvalue weighted by molar-refractivity contribution is 0.101. The van der Waals surface area contributed by atoms with Crippen molar-refractivity contribution >= 4 is 23.1 Å². The third-order valence-corrected chi connectivity index (χ3v) is 5.06. The third kappa shape index (κ3) is 4.04. The summed E-state index contributed by atoms with van der Waals surface area (Å²) >= 11 is 6.49. The van der Waals surface area contributed by atoms with Gasteiger partial charge in [0.25, 0.3) is 0 Å². The zero-order chi connectivity index (χ0) is 20.1. The number of Topliss-reactive ketones (excluding diaryl/α,β-unsaturated/α-hetero) is 1. The van der Waals surface area contributed by atoms with Crippen molar-refractivity contribution in [2.45, 2.75) is 32.7 Å². The molecule has 3 aromatic rings. The largest absolute Gasteiger partial charge is 0.496 e. The Balaban J connectivity index is 2.11. The molecule has 5 nitrogen and oxygen atoms in total. The molecule has 0 fully saturated rings. The number of ether oxygens (including phenoxy) is 1. The minimum absolute atomic E-state index is 0.0155. The zero-order valence-corrected chi connectivity index (χ0v) is 17.0. The fourth-order valence-corrected chi connectivity index (χ4v) is 3.64. The van der Waals surface area contributed by atoms with E-state index in [0.717, 1.165) is 35.2 Å². The van der Waals surface area contributed by atoms with Crippen LogP contribution in [-0.2, 0) is 6.42 Å². The number of anilines is 1. The lowest BCUT2D eigenvalue weighted by Crippen LogP contribution is -2.15. The van der Waals surface area contributed by atoms with E-state index >= 15 is 0 Å². The molecule has 0 aliphatic heterocycles. The maximum absolute atomic E-state index is 12.0. The number of nitrogens with one attached hydrogen (secondary N) is 2. The van der Waals surface area contributed by atoms with Gasteiger partial charge in [0.15, 0.2) is 5.78 Å². The molecule has 0 spiro atoms. The number of rotatable bonds is 8. The summed E-state index contributed by atoms with van der Waals surface area (Å²) in [4.78, 5) is 12.0. The number of carbonyl (C=O) groups excluding carboxylic acids is 1. The van der Waals surface area contributed by atoms with Gasteiger partial charge in [0, 0.05) is 28.0 Å². The van der Waals surface area contributed by atoms with Crippen LogP contribution in [0.4, 0.5) is 5.69 Å². The number of hydrogen-bond acceptors (Lipinski definition) is 4. The van der Waals surface area contributed by atoms with Gasteiger partial charge in [-0.25, -0.2) is 0 Å². The Morgan fingerprint density at radius 1 is 1.29 bits per heavy atom. The first-order valence-corrected chi connectivity index (χ1v) is 9.65. The molecule has 0 saturated carbocycles. The van der Waals surface area contributed by atoms with Gasteiger partial charge >= 0.3 is 0 Å². The highest BCUT2D eigenvalue weighted by Crippen LogP contribution is 2.37. The van der Waals surface area contributed by atoms with E-state index in [2.05, 4.69) is 22.4 Å². The van der Waals surface area contributed by atoms with Gasteiger partial charge in [-0.3, -0.25) is 9.89 Å². The summed E-state index contributed by atoms with van der Waals surface area (Å²) in [6.45, 7) is 3.66. The lowest BCUT2D eigenvalue weighted by Gasteiger charge is -2.24. The van der Waals surface area contributed by atoms with Crippen LogP contribution in [0.25, 0.3) is 0 Å². The standard InChI is InChI=1S/C22H24ClN3O2/c1-4-7-18-20(11-10-16(14(2)27)22(18)28-3)26-21(15-12-24-25-13-15)17-8-5-6-9-19(17)23/h5-6,8-13,21,26H,4,7H2,1-3H3,(H,24,25). The Morgan fingerprint density at radius 2 is 2.07 bits per heavy atom. The second-order valence-corrected chi connectivity index (χ2v) is 7.02. The number of carbonyl (C=O) groups is 1. The first kappa shape index (κ1) is 20.0. The lowest BCUT2D eigenvalue weighted by atomic mass is 9.97. The van der Waals surface area contributed by atoms with Crippen LogP contribution in [0.5, 0.6) is 5.75 Å². The second-order valence-electron chi connectivity index (χ2n) is 6.61. The molecule has 3 rings (SSSR count). The van der Waals surface area contributed by atoms with Crippen molar-refractivity contribution in [3.8, 4) is 5.75 Å². The van der Waals surface area contributed by atoms with Crippen LogP contribution < -0.4 is 10.1 Å². The average molecular weight is 398 g/mol. The Morgan fingerprint density at radius 3 is 2.68 bits per heavy atom. The average Bonchev–Trinajstić information content (AvgIpc) is 3.22. The number of halogens is 1. The van der Waals surface area contributed by atoms with Gasteiger partial charge in [0.1, 0.15) is 5.75 Å². The molecular formula is C22H24ClN3O2. The number of ketones is 1. The minimum atomic E-state index is -0.198. The highest BCUT2D eigenvalue weighted by atomic mass is 35.5.